The van der Waals surface area contributed by atoms with Crippen LogP contribution in [0.25, 0.3) is 0 Å². The summed E-state index contributed by atoms with van der Waals surface area (Å²) in [6.45, 7) is 1.66. The Morgan fingerprint density at radius 3 is 2.53 bits per heavy atom. The van der Waals surface area contributed by atoms with Crippen molar-refractivity contribution in [1.82, 2.24) is 0 Å². The molecule has 1 N–H and O–H groups in total. The molecular formula is C14H10BrF2NO. The first-order valence-corrected chi connectivity index (χ1v) is 6.29. The Morgan fingerprint density at radius 1 is 1.16 bits per heavy atom. The lowest BCUT2D eigenvalue weighted by molar-refractivity contribution is 0.102. The maximum atomic E-state index is 13.6. The van der Waals surface area contributed by atoms with Crippen LogP contribution in [0.5, 0.6) is 0 Å². The van der Waals surface area contributed by atoms with E-state index in [0.29, 0.717) is 15.7 Å². The van der Waals surface area contributed by atoms with Gasteiger partial charge in [-0.25, -0.2) is 8.78 Å². The quantitative estimate of drug-likeness (QED) is 0.876. The van der Waals surface area contributed by atoms with Crippen molar-refractivity contribution >= 4 is 27.5 Å². The number of benzene rings is 2. The van der Waals surface area contributed by atoms with Gasteiger partial charge in [-0.15, -0.1) is 0 Å². The van der Waals surface area contributed by atoms with Gasteiger partial charge in [0.15, 0.2) is 0 Å². The number of anilines is 1. The largest absolute Gasteiger partial charge is 0.322 e. The third-order valence-corrected chi connectivity index (χ3v) is 3.11. The molecule has 1 amide bonds. The zero-order valence-electron chi connectivity index (χ0n) is 10.0. The van der Waals surface area contributed by atoms with Gasteiger partial charge in [-0.3, -0.25) is 4.79 Å². The monoisotopic (exact) mass is 325 g/mol. The van der Waals surface area contributed by atoms with Crippen molar-refractivity contribution in [2.75, 3.05) is 5.32 Å². The van der Waals surface area contributed by atoms with Crippen molar-refractivity contribution in [3.63, 3.8) is 0 Å². The van der Waals surface area contributed by atoms with E-state index in [0.717, 1.165) is 0 Å². The first-order chi connectivity index (χ1) is 8.97. The first-order valence-electron chi connectivity index (χ1n) is 5.50. The van der Waals surface area contributed by atoms with Gasteiger partial charge in [0.25, 0.3) is 5.91 Å². The van der Waals surface area contributed by atoms with Gasteiger partial charge in [-0.05, 0) is 48.9 Å². The molecule has 0 aliphatic carbocycles. The standard InChI is InChI=1S/C14H10BrF2NO/c1-8-6-10(16)3-5-13(8)18-14(19)11-4-2-9(15)7-12(11)17/h2-7H,1H3,(H,18,19). The van der Waals surface area contributed by atoms with Crippen molar-refractivity contribution in [2.45, 2.75) is 6.92 Å². The molecule has 0 aliphatic heterocycles. The number of halogens is 3. The number of aryl methyl sites for hydroxylation is 1. The highest BCUT2D eigenvalue weighted by molar-refractivity contribution is 9.10. The molecule has 0 unspecified atom stereocenters. The van der Waals surface area contributed by atoms with E-state index in [1.54, 1.807) is 13.0 Å². The summed E-state index contributed by atoms with van der Waals surface area (Å²) in [5, 5.41) is 2.55. The summed E-state index contributed by atoms with van der Waals surface area (Å²) in [7, 11) is 0. The second kappa shape index (κ2) is 5.48. The molecule has 2 aromatic rings. The molecule has 19 heavy (non-hydrogen) atoms. The fourth-order valence-electron chi connectivity index (χ4n) is 1.63. The molecule has 2 nitrogen and oxygen atoms in total. The highest BCUT2D eigenvalue weighted by Crippen LogP contribution is 2.19. The van der Waals surface area contributed by atoms with Crippen LogP contribution in [0.3, 0.4) is 0 Å². The van der Waals surface area contributed by atoms with Crippen LogP contribution in [0.15, 0.2) is 40.9 Å². The summed E-state index contributed by atoms with van der Waals surface area (Å²) in [6, 6.07) is 8.16. The summed E-state index contributed by atoms with van der Waals surface area (Å²) in [4.78, 5) is 11.9. The molecule has 5 heteroatoms. The van der Waals surface area contributed by atoms with Crippen LogP contribution in [0.1, 0.15) is 15.9 Å². The summed E-state index contributed by atoms with van der Waals surface area (Å²) in [5.74, 6) is -1.57. The van der Waals surface area contributed by atoms with Crippen molar-refractivity contribution < 1.29 is 13.6 Å². The topological polar surface area (TPSA) is 29.1 Å². The lowest BCUT2D eigenvalue weighted by Gasteiger charge is -2.09. The molecule has 2 rings (SSSR count). The fraction of sp³-hybridized carbons (Fsp3) is 0.0714. The molecule has 0 heterocycles. The Bertz CT molecular complexity index is 643. The first kappa shape index (κ1) is 13.7. The zero-order valence-corrected chi connectivity index (χ0v) is 11.6. The Hall–Kier alpha value is -1.75. The summed E-state index contributed by atoms with van der Waals surface area (Å²) < 4.78 is 27.1. The van der Waals surface area contributed by atoms with Crippen LogP contribution in [0.2, 0.25) is 0 Å². The molecule has 0 radical (unpaired) electrons. The van der Waals surface area contributed by atoms with Gasteiger partial charge >= 0.3 is 0 Å². The minimum Gasteiger partial charge on any atom is -0.322 e. The highest BCUT2D eigenvalue weighted by Gasteiger charge is 2.13. The average Bonchev–Trinajstić information content (AvgIpc) is 2.32. The lowest BCUT2D eigenvalue weighted by atomic mass is 10.1. The van der Waals surface area contributed by atoms with Crippen molar-refractivity contribution in [1.29, 1.82) is 0 Å². The van der Waals surface area contributed by atoms with Crippen LogP contribution >= 0.6 is 15.9 Å². The van der Waals surface area contributed by atoms with Gasteiger partial charge in [-0.1, -0.05) is 15.9 Å². The second-order valence-corrected chi connectivity index (χ2v) is 4.95. The Labute approximate surface area is 117 Å². The molecule has 0 fully saturated rings. The minimum absolute atomic E-state index is 0.0630. The maximum absolute atomic E-state index is 13.6. The van der Waals surface area contributed by atoms with Crippen LogP contribution in [0, 0.1) is 18.6 Å². The third-order valence-electron chi connectivity index (χ3n) is 2.61. The molecule has 0 aliphatic rings. The third kappa shape index (κ3) is 3.17. The van der Waals surface area contributed by atoms with E-state index in [4.69, 9.17) is 0 Å². The van der Waals surface area contributed by atoms with E-state index in [1.807, 2.05) is 0 Å². The van der Waals surface area contributed by atoms with Crippen molar-refractivity contribution in [2.24, 2.45) is 0 Å². The predicted octanol–water partition coefficient (Wildman–Crippen LogP) is 4.29. The number of carbonyl (C=O) groups excluding carboxylic acids is 1. The fourth-order valence-corrected chi connectivity index (χ4v) is 1.96. The van der Waals surface area contributed by atoms with E-state index in [9.17, 15) is 13.6 Å². The minimum atomic E-state index is -0.619. The molecule has 0 saturated heterocycles. The van der Waals surface area contributed by atoms with Gasteiger partial charge in [0.2, 0.25) is 0 Å². The number of hydrogen-bond acceptors (Lipinski definition) is 1. The Balaban J connectivity index is 2.25. The van der Waals surface area contributed by atoms with Gasteiger partial charge in [0.05, 0.1) is 5.56 Å². The average molecular weight is 326 g/mol. The van der Waals surface area contributed by atoms with Gasteiger partial charge in [0, 0.05) is 10.2 Å². The molecule has 98 valence electrons. The number of hydrogen-bond donors (Lipinski definition) is 1. The van der Waals surface area contributed by atoms with E-state index < -0.39 is 11.7 Å². The molecule has 0 spiro atoms. The molecule has 0 bridgehead atoms. The Kier molecular flexibility index (Phi) is 3.95. The van der Waals surface area contributed by atoms with Gasteiger partial charge < -0.3 is 5.32 Å². The normalized spacial score (nSPS) is 10.3. The molecule has 2 aromatic carbocycles. The van der Waals surface area contributed by atoms with E-state index >= 15 is 0 Å². The van der Waals surface area contributed by atoms with Crippen molar-refractivity contribution in [3.05, 3.63) is 63.6 Å². The molecular weight excluding hydrogens is 316 g/mol. The number of rotatable bonds is 2. The van der Waals surface area contributed by atoms with Crippen LogP contribution in [0.4, 0.5) is 14.5 Å². The highest BCUT2D eigenvalue weighted by atomic mass is 79.9. The number of carbonyl (C=O) groups is 1. The Morgan fingerprint density at radius 2 is 1.89 bits per heavy atom. The van der Waals surface area contributed by atoms with E-state index in [-0.39, 0.29) is 11.4 Å². The second-order valence-electron chi connectivity index (χ2n) is 4.04. The SMILES string of the molecule is Cc1cc(F)ccc1NC(=O)c1ccc(Br)cc1F. The summed E-state index contributed by atoms with van der Waals surface area (Å²) in [6.07, 6.45) is 0. The molecule has 0 saturated carbocycles. The van der Waals surface area contributed by atoms with Gasteiger partial charge in [-0.2, -0.15) is 0 Å². The van der Waals surface area contributed by atoms with Crippen LogP contribution in [-0.4, -0.2) is 5.91 Å². The van der Waals surface area contributed by atoms with Crippen molar-refractivity contribution in [3.8, 4) is 0 Å². The maximum Gasteiger partial charge on any atom is 0.258 e. The lowest BCUT2D eigenvalue weighted by Crippen LogP contribution is -2.14. The number of nitrogens with one attached hydrogen (secondary N) is 1. The van der Waals surface area contributed by atoms with E-state index in [1.165, 1.54) is 30.3 Å². The van der Waals surface area contributed by atoms with Crippen LogP contribution in [-0.2, 0) is 0 Å². The smallest absolute Gasteiger partial charge is 0.258 e. The van der Waals surface area contributed by atoms with E-state index in [2.05, 4.69) is 21.2 Å². The summed E-state index contributed by atoms with van der Waals surface area (Å²) >= 11 is 3.12. The molecule has 0 aromatic heterocycles. The zero-order chi connectivity index (χ0) is 14.0. The van der Waals surface area contributed by atoms with Gasteiger partial charge in [0.1, 0.15) is 11.6 Å². The predicted molar refractivity (Wildman–Crippen MR) is 73.2 cm³/mol. The number of amides is 1. The molecule has 0 atom stereocenters. The van der Waals surface area contributed by atoms with Crippen LogP contribution < -0.4 is 5.32 Å². The summed E-state index contributed by atoms with van der Waals surface area (Å²) in [5.41, 5.74) is 0.964.